The van der Waals surface area contributed by atoms with Crippen molar-refractivity contribution in [3.63, 3.8) is 0 Å². The van der Waals surface area contributed by atoms with Gasteiger partial charge in [-0.15, -0.1) is 17.2 Å². The van der Waals surface area contributed by atoms with Crippen LogP contribution >= 0.6 is 17.2 Å². The zero-order valence-corrected chi connectivity index (χ0v) is 14.0. The lowest BCUT2D eigenvalue weighted by atomic mass is 9.96. The van der Waals surface area contributed by atoms with Gasteiger partial charge in [0, 0.05) is 5.16 Å². The maximum Gasteiger partial charge on any atom is 0.0128 e. The van der Waals surface area contributed by atoms with Crippen LogP contribution < -0.4 is 0 Å². The minimum Gasteiger partial charge on any atom is -0.118 e. The maximum atomic E-state index is 2.39. The van der Waals surface area contributed by atoms with Crippen LogP contribution in [0.2, 0.25) is 0 Å². The highest BCUT2D eigenvalue weighted by atomic mass is 31.1. The molecule has 0 bridgehead atoms. The highest BCUT2D eigenvalue weighted by Gasteiger charge is 2.33. The minimum absolute atomic E-state index is 0.514. The van der Waals surface area contributed by atoms with Crippen LogP contribution in [0.5, 0.6) is 0 Å². The standard InChI is InChI=1S/C15H28P2/c1-6-15(17-13(4)5,11-16-12(2)3)14-9-7-8-10-14/h7-9,12-13,16-17H,6,10-11H2,1-5H3. The summed E-state index contributed by atoms with van der Waals surface area (Å²) in [4.78, 5) is 0. The second kappa shape index (κ2) is 7.06. The summed E-state index contributed by atoms with van der Waals surface area (Å²) in [7, 11) is 2.19. The Morgan fingerprint density at radius 3 is 2.35 bits per heavy atom. The third kappa shape index (κ3) is 4.50. The van der Waals surface area contributed by atoms with E-state index in [1.165, 1.54) is 19.0 Å². The van der Waals surface area contributed by atoms with Gasteiger partial charge in [0.05, 0.1) is 0 Å². The summed E-state index contributed by atoms with van der Waals surface area (Å²) in [6, 6.07) is 0. The molecule has 0 nitrogen and oxygen atoms in total. The first-order chi connectivity index (χ1) is 8.00. The van der Waals surface area contributed by atoms with Crippen LogP contribution in [-0.4, -0.2) is 22.6 Å². The maximum absolute atomic E-state index is 2.39. The van der Waals surface area contributed by atoms with Crippen molar-refractivity contribution in [3.05, 3.63) is 23.8 Å². The highest BCUT2D eigenvalue weighted by Crippen LogP contribution is 2.50. The molecular weight excluding hydrogens is 242 g/mol. The zero-order valence-electron chi connectivity index (χ0n) is 12.0. The van der Waals surface area contributed by atoms with E-state index in [9.17, 15) is 0 Å². The quantitative estimate of drug-likeness (QED) is 0.558. The van der Waals surface area contributed by atoms with E-state index in [4.69, 9.17) is 0 Å². The van der Waals surface area contributed by atoms with Crippen molar-refractivity contribution >= 4 is 17.2 Å². The van der Waals surface area contributed by atoms with Crippen LogP contribution in [0.4, 0.5) is 0 Å². The lowest BCUT2D eigenvalue weighted by molar-refractivity contribution is 0.694. The average molecular weight is 270 g/mol. The molecule has 0 amide bonds. The predicted molar refractivity (Wildman–Crippen MR) is 86.6 cm³/mol. The summed E-state index contributed by atoms with van der Waals surface area (Å²) in [5.74, 6) is 0. The molecule has 3 atom stereocenters. The van der Waals surface area contributed by atoms with E-state index in [1.807, 2.05) is 0 Å². The summed E-state index contributed by atoms with van der Waals surface area (Å²) in [6.07, 6.45) is 10.9. The predicted octanol–water partition coefficient (Wildman–Crippen LogP) is 5.20. The van der Waals surface area contributed by atoms with E-state index in [0.29, 0.717) is 5.16 Å². The third-order valence-electron chi connectivity index (χ3n) is 3.37. The molecule has 1 rings (SSSR count). The molecule has 1 aliphatic rings. The molecule has 2 heteroatoms. The summed E-state index contributed by atoms with van der Waals surface area (Å²) in [5, 5.41) is 0.514. The largest absolute Gasteiger partial charge is 0.118 e. The van der Waals surface area contributed by atoms with Gasteiger partial charge in [0.25, 0.3) is 0 Å². The fourth-order valence-corrected chi connectivity index (χ4v) is 6.07. The Balaban J connectivity index is 2.80. The molecule has 0 saturated carbocycles. The smallest absolute Gasteiger partial charge is 0.0128 e. The lowest BCUT2D eigenvalue weighted by Gasteiger charge is -2.37. The second-order valence-corrected chi connectivity index (χ2v) is 9.91. The molecule has 17 heavy (non-hydrogen) atoms. The second-order valence-electron chi connectivity index (χ2n) is 5.59. The number of allylic oxidation sites excluding steroid dienone is 4. The fraction of sp³-hybridized carbons (Fsp3) is 0.733. The van der Waals surface area contributed by atoms with Crippen molar-refractivity contribution in [1.29, 1.82) is 0 Å². The van der Waals surface area contributed by atoms with Crippen LogP contribution in [0.1, 0.15) is 47.5 Å². The molecule has 0 aliphatic heterocycles. The molecule has 0 aromatic heterocycles. The fourth-order valence-electron chi connectivity index (χ4n) is 2.44. The van der Waals surface area contributed by atoms with Crippen LogP contribution in [0, 0.1) is 0 Å². The van der Waals surface area contributed by atoms with Gasteiger partial charge in [0.2, 0.25) is 0 Å². The van der Waals surface area contributed by atoms with Gasteiger partial charge in [-0.3, -0.25) is 0 Å². The van der Waals surface area contributed by atoms with E-state index < -0.39 is 0 Å². The Morgan fingerprint density at radius 2 is 1.94 bits per heavy atom. The van der Waals surface area contributed by atoms with Gasteiger partial charge in [0.1, 0.15) is 0 Å². The van der Waals surface area contributed by atoms with E-state index >= 15 is 0 Å². The van der Waals surface area contributed by atoms with Gasteiger partial charge in [-0.05, 0) is 30.3 Å². The average Bonchev–Trinajstić information content (AvgIpc) is 2.77. The van der Waals surface area contributed by atoms with Crippen LogP contribution in [0.15, 0.2) is 23.8 Å². The summed E-state index contributed by atoms with van der Waals surface area (Å²) >= 11 is 0. The Bertz CT molecular complexity index is 289. The Hall–Kier alpha value is 0.340. The number of rotatable bonds is 7. The summed E-state index contributed by atoms with van der Waals surface area (Å²) in [5.41, 5.74) is 3.39. The van der Waals surface area contributed by atoms with Gasteiger partial charge in [-0.1, -0.05) is 58.4 Å². The first-order valence-corrected chi connectivity index (χ1v) is 9.23. The molecule has 0 saturated heterocycles. The van der Waals surface area contributed by atoms with Crippen molar-refractivity contribution in [2.24, 2.45) is 0 Å². The summed E-state index contributed by atoms with van der Waals surface area (Å²) < 4.78 is 0. The van der Waals surface area contributed by atoms with Crippen molar-refractivity contribution in [2.45, 2.75) is 63.9 Å². The SMILES string of the molecule is CCC(CPC(C)C)(PC(C)C)C1=CC=CC1. The van der Waals surface area contributed by atoms with Crippen LogP contribution in [-0.2, 0) is 0 Å². The van der Waals surface area contributed by atoms with Gasteiger partial charge in [0.15, 0.2) is 0 Å². The molecular formula is C15H28P2. The van der Waals surface area contributed by atoms with E-state index in [1.54, 1.807) is 5.57 Å². The molecule has 0 aromatic rings. The van der Waals surface area contributed by atoms with E-state index in [-0.39, 0.29) is 0 Å². The zero-order chi connectivity index (χ0) is 12.9. The number of hydrogen-bond donors (Lipinski definition) is 0. The first kappa shape index (κ1) is 15.4. The summed E-state index contributed by atoms with van der Waals surface area (Å²) in [6.45, 7) is 11.9. The molecule has 3 unspecified atom stereocenters. The van der Waals surface area contributed by atoms with Crippen molar-refractivity contribution in [1.82, 2.24) is 0 Å². The molecule has 98 valence electrons. The topological polar surface area (TPSA) is 0 Å². The Morgan fingerprint density at radius 1 is 1.24 bits per heavy atom. The molecule has 1 aliphatic carbocycles. The van der Waals surface area contributed by atoms with E-state index in [2.05, 4.69) is 52.8 Å². The third-order valence-corrected chi connectivity index (χ3v) is 7.33. The van der Waals surface area contributed by atoms with E-state index in [0.717, 1.165) is 28.5 Å². The highest BCUT2D eigenvalue weighted by molar-refractivity contribution is 7.45. The molecule has 0 heterocycles. The van der Waals surface area contributed by atoms with Gasteiger partial charge < -0.3 is 0 Å². The van der Waals surface area contributed by atoms with Crippen molar-refractivity contribution in [2.75, 3.05) is 6.16 Å². The van der Waals surface area contributed by atoms with Crippen LogP contribution in [0.25, 0.3) is 0 Å². The Labute approximate surface area is 111 Å². The molecule has 0 N–H and O–H groups in total. The van der Waals surface area contributed by atoms with Crippen molar-refractivity contribution < 1.29 is 0 Å². The van der Waals surface area contributed by atoms with Gasteiger partial charge in [-0.2, -0.15) is 0 Å². The monoisotopic (exact) mass is 270 g/mol. The molecule has 0 radical (unpaired) electrons. The molecule has 0 spiro atoms. The molecule has 0 aromatic carbocycles. The lowest BCUT2D eigenvalue weighted by Crippen LogP contribution is -2.29. The number of hydrogen-bond acceptors (Lipinski definition) is 0. The Kier molecular flexibility index (Phi) is 6.39. The first-order valence-electron chi connectivity index (χ1n) is 6.87. The van der Waals surface area contributed by atoms with Crippen molar-refractivity contribution in [3.8, 4) is 0 Å². The van der Waals surface area contributed by atoms with Gasteiger partial charge >= 0.3 is 0 Å². The normalized spacial score (nSPS) is 20.3. The molecule has 0 fully saturated rings. The minimum atomic E-state index is 0.514. The van der Waals surface area contributed by atoms with Crippen LogP contribution in [0.3, 0.4) is 0 Å². The van der Waals surface area contributed by atoms with Gasteiger partial charge in [-0.25, -0.2) is 0 Å².